The Hall–Kier alpha value is -1.51. The van der Waals surface area contributed by atoms with Gasteiger partial charge in [0.15, 0.2) is 0 Å². The van der Waals surface area contributed by atoms with Gasteiger partial charge in [0.05, 0.1) is 19.6 Å². The first-order chi connectivity index (χ1) is 8.15. The Morgan fingerprint density at radius 3 is 2.47 bits per heavy atom. The molecule has 1 aromatic rings. The van der Waals surface area contributed by atoms with E-state index in [4.69, 9.17) is 9.47 Å². The minimum absolute atomic E-state index is 0.101. The first-order valence-corrected chi connectivity index (χ1v) is 5.87. The number of benzene rings is 1. The van der Waals surface area contributed by atoms with E-state index in [0.717, 1.165) is 24.2 Å². The third-order valence-electron chi connectivity index (χ3n) is 3.81. The van der Waals surface area contributed by atoms with Gasteiger partial charge in [-0.2, -0.15) is 0 Å². The van der Waals surface area contributed by atoms with Crippen LogP contribution in [0.3, 0.4) is 0 Å². The average Bonchev–Trinajstić information content (AvgIpc) is 3.18. The molecule has 2 rings (SSSR count). The highest BCUT2D eigenvalue weighted by atomic mass is 16.5. The second-order valence-electron chi connectivity index (χ2n) is 4.61. The molecule has 1 atom stereocenters. The lowest BCUT2D eigenvalue weighted by Crippen LogP contribution is -2.24. The molecule has 0 saturated heterocycles. The predicted octanol–water partition coefficient (Wildman–Crippen LogP) is 2.75. The summed E-state index contributed by atoms with van der Waals surface area (Å²) in [5, 5.41) is 0. The van der Waals surface area contributed by atoms with Crippen LogP contribution in [-0.2, 0) is 9.53 Å². The van der Waals surface area contributed by atoms with Crippen LogP contribution in [0.1, 0.15) is 31.2 Å². The molecule has 0 radical (unpaired) electrons. The number of hydrogen-bond donors (Lipinski definition) is 0. The maximum Gasteiger partial charge on any atom is 0.312 e. The summed E-state index contributed by atoms with van der Waals surface area (Å²) in [5.74, 6) is 0.872. The van der Waals surface area contributed by atoms with Crippen LogP contribution in [-0.4, -0.2) is 20.2 Å². The zero-order valence-corrected chi connectivity index (χ0v) is 10.5. The van der Waals surface area contributed by atoms with Gasteiger partial charge >= 0.3 is 5.97 Å². The zero-order valence-electron chi connectivity index (χ0n) is 10.5. The van der Waals surface area contributed by atoms with Crippen LogP contribution in [0.25, 0.3) is 0 Å². The SMILES string of the molecule is COC(=O)C1(C(C)c2ccccc2OC)CC1. The number of rotatable bonds is 4. The number of para-hydroxylation sites is 1. The van der Waals surface area contributed by atoms with Crippen LogP contribution in [0.2, 0.25) is 0 Å². The summed E-state index contributed by atoms with van der Waals surface area (Å²) in [5.41, 5.74) is 0.751. The minimum Gasteiger partial charge on any atom is -0.496 e. The molecular weight excluding hydrogens is 216 g/mol. The van der Waals surface area contributed by atoms with E-state index >= 15 is 0 Å². The van der Waals surface area contributed by atoms with Gasteiger partial charge in [-0.3, -0.25) is 4.79 Å². The van der Waals surface area contributed by atoms with Crippen LogP contribution in [0.15, 0.2) is 24.3 Å². The van der Waals surface area contributed by atoms with Gasteiger partial charge in [0.1, 0.15) is 5.75 Å². The van der Waals surface area contributed by atoms with E-state index in [1.165, 1.54) is 7.11 Å². The van der Waals surface area contributed by atoms with Crippen molar-refractivity contribution in [2.45, 2.75) is 25.7 Å². The molecule has 0 N–H and O–H groups in total. The van der Waals surface area contributed by atoms with Crippen molar-refractivity contribution >= 4 is 5.97 Å². The van der Waals surface area contributed by atoms with Crippen molar-refractivity contribution in [2.75, 3.05) is 14.2 Å². The lowest BCUT2D eigenvalue weighted by molar-refractivity contribution is -0.147. The Bertz CT molecular complexity index is 421. The summed E-state index contributed by atoms with van der Waals surface area (Å²) < 4.78 is 10.3. The highest BCUT2D eigenvalue weighted by molar-refractivity contribution is 5.81. The van der Waals surface area contributed by atoms with E-state index in [2.05, 4.69) is 6.92 Å². The van der Waals surface area contributed by atoms with E-state index in [1.807, 2.05) is 24.3 Å². The van der Waals surface area contributed by atoms with Crippen molar-refractivity contribution in [1.82, 2.24) is 0 Å². The molecule has 92 valence electrons. The topological polar surface area (TPSA) is 35.5 Å². The molecule has 0 heterocycles. The molecule has 1 saturated carbocycles. The van der Waals surface area contributed by atoms with Crippen LogP contribution in [0.4, 0.5) is 0 Å². The summed E-state index contributed by atoms with van der Waals surface area (Å²) in [7, 11) is 3.11. The van der Waals surface area contributed by atoms with E-state index < -0.39 is 0 Å². The molecular formula is C14H18O3. The van der Waals surface area contributed by atoms with Crippen LogP contribution in [0, 0.1) is 5.41 Å². The first-order valence-electron chi connectivity index (χ1n) is 5.87. The van der Waals surface area contributed by atoms with Gasteiger partial charge < -0.3 is 9.47 Å². The lowest BCUT2D eigenvalue weighted by atomic mass is 9.84. The summed E-state index contributed by atoms with van der Waals surface area (Å²) in [6, 6.07) is 7.86. The third-order valence-corrected chi connectivity index (χ3v) is 3.81. The number of esters is 1. The molecule has 0 aromatic heterocycles. The predicted molar refractivity (Wildman–Crippen MR) is 65.1 cm³/mol. The van der Waals surface area contributed by atoms with Crippen molar-refractivity contribution in [3.8, 4) is 5.75 Å². The highest BCUT2D eigenvalue weighted by Crippen LogP contribution is 2.57. The number of carbonyl (C=O) groups excluding carboxylic acids is 1. The molecule has 1 aliphatic carbocycles. The van der Waals surface area contributed by atoms with Gasteiger partial charge in [-0.25, -0.2) is 0 Å². The van der Waals surface area contributed by atoms with Crippen molar-refractivity contribution in [3.63, 3.8) is 0 Å². The Labute approximate surface area is 102 Å². The zero-order chi connectivity index (χ0) is 12.5. The van der Waals surface area contributed by atoms with Crippen molar-refractivity contribution in [3.05, 3.63) is 29.8 Å². The van der Waals surface area contributed by atoms with Gasteiger partial charge in [0.25, 0.3) is 0 Å². The standard InChI is InChI=1S/C14H18O3/c1-10(14(8-9-14)13(15)17-3)11-6-4-5-7-12(11)16-2/h4-7,10H,8-9H2,1-3H3. The quantitative estimate of drug-likeness (QED) is 0.751. The fourth-order valence-electron chi connectivity index (χ4n) is 2.47. The Kier molecular flexibility index (Phi) is 3.09. The maximum atomic E-state index is 11.8. The highest BCUT2D eigenvalue weighted by Gasteiger charge is 2.55. The molecule has 0 bridgehead atoms. The third kappa shape index (κ3) is 1.90. The molecule has 3 heteroatoms. The molecule has 1 fully saturated rings. The Morgan fingerprint density at radius 1 is 1.29 bits per heavy atom. The van der Waals surface area contributed by atoms with Gasteiger partial charge in [-0.15, -0.1) is 0 Å². The minimum atomic E-state index is -0.330. The monoisotopic (exact) mass is 234 g/mol. The smallest absolute Gasteiger partial charge is 0.312 e. The molecule has 1 aromatic carbocycles. The molecule has 0 spiro atoms. The normalized spacial score (nSPS) is 18.3. The molecule has 3 nitrogen and oxygen atoms in total. The summed E-state index contributed by atoms with van der Waals surface area (Å²) in [4.78, 5) is 11.8. The maximum absolute atomic E-state index is 11.8. The number of methoxy groups -OCH3 is 2. The fraction of sp³-hybridized carbons (Fsp3) is 0.500. The van der Waals surface area contributed by atoms with Crippen molar-refractivity contribution < 1.29 is 14.3 Å². The second-order valence-corrected chi connectivity index (χ2v) is 4.61. The Balaban J connectivity index is 2.31. The summed E-state index contributed by atoms with van der Waals surface area (Å²) in [6.45, 7) is 2.07. The molecule has 0 aliphatic heterocycles. The number of hydrogen-bond acceptors (Lipinski definition) is 3. The number of ether oxygens (including phenoxy) is 2. The van der Waals surface area contributed by atoms with Gasteiger partial charge in [0, 0.05) is 5.92 Å². The fourth-order valence-corrected chi connectivity index (χ4v) is 2.47. The summed E-state index contributed by atoms with van der Waals surface area (Å²) in [6.07, 6.45) is 1.80. The van der Waals surface area contributed by atoms with Crippen molar-refractivity contribution in [2.24, 2.45) is 5.41 Å². The van der Waals surface area contributed by atoms with Gasteiger partial charge in [-0.05, 0) is 24.5 Å². The van der Waals surface area contributed by atoms with Crippen LogP contribution in [0.5, 0.6) is 5.75 Å². The van der Waals surface area contributed by atoms with E-state index in [0.29, 0.717) is 0 Å². The molecule has 1 aliphatic rings. The Morgan fingerprint density at radius 2 is 1.94 bits per heavy atom. The first kappa shape index (κ1) is 12.0. The lowest BCUT2D eigenvalue weighted by Gasteiger charge is -2.23. The average molecular weight is 234 g/mol. The van der Waals surface area contributed by atoms with Gasteiger partial charge in [0.2, 0.25) is 0 Å². The number of carbonyl (C=O) groups is 1. The van der Waals surface area contributed by atoms with E-state index in [9.17, 15) is 4.79 Å². The van der Waals surface area contributed by atoms with Crippen LogP contribution < -0.4 is 4.74 Å². The largest absolute Gasteiger partial charge is 0.496 e. The molecule has 0 amide bonds. The molecule has 1 unspecified atom stereocenters. The second kappa shape index (κ2) is 4.40. The van der Waals surface area contributed by atoms with E-state index in [1.54, 1.807) is 7.11 Å². The van der Waals surface area contributed by atoms with Crippen LogP contribution >= 0.6 is 0 Å². The van der Waals surface area contributed by atoms with E-state index in [-0.39, 0.29) is 17.3 Å². The van der Waals surface area contributed by atoms with Gasteiger partial charge in [-0.1, -0.05) is 25.1 Å². The summed E-state index contributed by atoms with van der Waals surface area (Å²) >= 11 is 0. The molecule has 17 heavy (non-hydrogen) atoms. The van der Waals surface area contributed by atoms with Crippen molar-refractivity contribution in [1.29, 1.82) is 0 Å².